The van der Waals surface area contributed by atoms with Crippen molar-refractivity contribution in [1.82, 2.24) is 0 Å². The average molecular weight is 457 g/mol. The molecule has 0 N–H and O–H groups in total. The molecule has 2 nitrogen and oxygen atoms in total. The average Bonchev–Trinajstić information content (AvgIpc) is 2.75. The summed E-state index contributed by atoms with van der Waals surface area (Å²) < 4.78 is 12.2. The van der Waals surface area contributed by atoms with E-state index in [1.807, 2.05) is 0 Å². The second-order valence-corrected chi connectivity index (χ2v) is 13.5. The van der Waals surface area contributed by atoms with Crippen molar-refractivity contribution in [3.05, 3.63) is 0 Å². The Bertz CT molecular complexity index is 333. The fourth-order valence-electron chi connectivity index (χ4n) is 4.21. The molecule has 0 rings (SSSR count). The topological polar surface area (TPSA) is 18.5 Å². The zero-order chi connectivity index (χ0) is 22.9. The first-order valence-electron chi connectivity index (χ1n) is 14.4. The molecule has 0 saturated heterocycles. The molecule has 0 atom stereocenters. The van der Waals surface area contributed by atoms with Gasteiger partial charge in [0.15, 0.2) is 0 Å². The number of hydrogen-bond acceptors (Lipinski definition) is 2. The maximum atomic E-state index is 6.13. The highest BCUT2D eigenvalue weighted by atomic mass is 28.4. The Morgan fingerprint density at radius 1 is 0.355 bits per heavy atom. The van der Waals surface area contributed by atoms with Crippen molar-refractivity contribution in [2.24, 2.45) is 0 Å². The second kappa shape index (κ2) is 24.8. The molecule has 0 saturated carbocycles. The van der Waals surface area contributed by atoms with Crippen LogP contribution in [0.3, 0.4) is 0 Å². The molecule has 0 aliphatic heterocycles. The van der Waals surface area contributed by atoms with E-state index in [2.05, 4.69) is 26.9 Å². The molecule has 0 aromatic carbocycles. The molecule has 0 fully saturated rings. The van der Waals surface area contributed by atoms with Crippen LogP contribution in [0.1, 0.15) is 155 Å². The van der Waals surface area contributed by atoms with Crippen LogP contribution >= 0.6 is 0 Å². The summed E-state index contributed by atoms with van der Waals surface area (Å²) in [5.74, 6) is 0. The van der Waals surface area contributed by atoms with E-state index in [9.17, 15) is 0 Å². The standard InChI is InChI=1S/C28H60O2Si/c1-5-7-9-11-13-15-16-17-18-19-20-22-24-26-28-30-31(3,4)29-27-25-23-21-14-12-10-8-6-2/h5-28H2,1-4H3. The highest BCUT2D eigenvalue weighted by molar-refractivity contribution is 6.64. The first-order chi connectivity index (χ1) is 15.1. The lowest BCUT2D eigenvalue weighted by atomic mass is 10.0. The Hall–Kier alpha value is 0.137. The Kier molecular flexibility index (Phi) is 24.9. The van der Waals surface area contributed by atoms with Gasteiger partial charge in [-0.05, 0) is 25.9 Å². The van der Waals surface area contributed by atoms with E-state index in [-0.39, 0.29) is 0 Å². The summed E-state index contributed by atoms with van der Waals surface area (Å²) in [5.41, 5.74) is 0. The maximum absolute atomic E-state index is 6.13. The predicted octanol–water partition coefficient (Wildman–Crippen LogP) is 10.3. The van der Waals surface area contributed by atoms with Gasteiger partial charge in [0.25, 0.3) is 0 Å². The summed E-state index contributed by atoms with van der Waals surface area (Å²) in [4.78, 5) is 0. The third-order valence-corrected chi connectivity index (χ3v) is 8.19. The van der Waals surface area contributed by atoms with E-state index >= 15 is 0 Å². The molecular formula is C28H60O2Si. The van der Waals surface area contributed by atoms with Gasteiger partial charge in [-0.1, -0.05) is 142 Å². The molecule has 3 heteroatoms. The lowest BCUT2D eigenvalue weighted by Gasteiger charge is -2.23. The SMILES string of the molecule is CCCCCCCCCCCCCCCCO[Si](C)(C)OCCCCCCCCCC. The van der Waals surface area contributed by atoms with Crippen LogP contribution in [0.4, 0.5) is 0 Å². The summed E-state index contributed by atoms with van der Waals surface area (Å²) >= 11 is 0. The minimum absolute atomic E-state index is 0.896. The molecule has 0 aromatic heterocycles. The van der Waals surface area contributed by atoms with Crippen LogP contribution in [0.5, 0.6) is 0 Å². The van der Waals surface area contributed by atoms with Crippen LogP contribution in [0.2, 0.25) is 13.1 Å². The number of rotatable bonds is 26. The van der Waals surface area contributed by atoms with Crippen molar-refractivity contribution >= 4 is 8.56 Å². The summed E-state index contributed by atoms with van der Waals surface area (Å²) in [6.07, 6.45) is 30.6. The van der Waals surface area contributed by atoms with Crippen LogP contribution in [-0.2, 0) is 8.85 Å². The van der Waals surface area contributed by atoms with Crippen molar-refractivity contribution in [1.29, 1.82) is 0 Å². The Labute approximate surface area is 198 Å². The molecule has 188 valence electrons. The van der Waals surface area contributed by atoms with Gasteiger partial charge in [0.05, 0.1) is 0 Å². The van der Waals surface area contributed by atoms with Crippen LogP contribution in [0.25, 0.3) is 0 Å². The van der Waals surface area contributed by atoms with E-state index in [1.54, 1.807) is 0 Å². The fraction of sp³-hybridized carbons (Fsp3) is 1.00. The summed E-state index contributed by atoms with van der Waals surface area (Å²) in [7, 11) is -1.89. The maximum Gasteiger partial charge on any atom is 0.331 e. The van der Waals surface area contributed by atoms with Gasteiger partial charge in [-0.25, -0.2) is 0 Å². The van der Waals surface area contributed by atoms with Gasteiger partial charge in [-0.15, -0.1) is 0 Å². The van der Waals surface area contributed by atoms with Gasteiger partial charge < -0.3 is 8.85 Å². The van der Waals surface area contributed by atoms with E-state index < -0.39 is 8.56 Å². The van der Waals surface area contributed by atoms with Crippen molar-refractivity contribution in [2.45, 2.75) is 168 Å². The van der Waals surface area contributed by atoms with Crippen molar-refractivity contribution in [3.63, 3.8) is 0 Å². The van der Waals surface area contributed by atoms with E-state index in [0.717, 1.165) is 13.2 Å². The first kappa shape index (κ1) is 31.1. The van der Waals surface area contributed by atoms with Crippen molar-refractivity contribution in [3.8, 4) is 0 Å². The molecule has 0 bridgehead atoms. The molecule has 0 spiro atoms. The van der Waals surface area contributed by atoms with Crippen LogP contribution in [-0.4, -0.2) is 21.8 Å². The molecule has 0 aromatic rings. The zero-order valence-electron chi connectivity index (χ0n) is 22.3. The Morgan fingerprint density at radius 2 is 0.581 bits per heavy atom. The zero-order valence-corrected chi connectivity index (χ0v) is 23.3. The van der Waals surface area contributed by atoms with Crippen LogP contribution < -0.4 is 0 Å². The molecule has 0 aliphatic rings. The lowest BCUT2D eigenvalue weighted by molar-refractivity contribution is 0.172. The van der Waals surface area contributed by atoms with Crippen molar-refractivity contribution in [2.75, 3.05) is 13.2 Å². The Balaban J connectivity index is 3.27. The van der Waals surface area contributed by atoms with E-state index in [0.29, 0.717) is 0 Å². The smallest absolute Gasteiger partial charge is 0.331 e. The third kappa shape index (κ3) is 26.3. The van der Waals surface area contributed by atoms with Gasteiger partial charge >= 0.3 is 8.56 Å². The molecule has 0 aliphatic carbocycles. The minimum Gasteiger partial charge on any atom is -0.395 e. The Morgan fingerprint density at radius 3 is 0.839 bits per heavy atom. The highest BCUT2D eigenvalue weighted by Crippen LogP contribution is 2.14. The lowest BCUT2D eigenvalue weighted by Crippen LogP contribution is -2.35. The largest absolute Gasteiger partial charge is 0.395 e. The predicted molar refractivity (Wildman–Crippen MR) is 142 cm³/mol. The summed E-state index contributed by atoms with van der Waals surface area (Å²) in [6, 6.07) is 0. The molecule has 0 heterocycles. The normalized spacial score (nSPS) is 12.0. The number of hydrogen-bond donors (Lipinski definition) is 0. The van der Waals surface area contributed by atoms with Crippen LogP contribution in [0, 0.1) is 0 Å². The fourth-order valence-corrected chi connectivity index (χ4v) is 5.57. The van der Waals surface area contributed by atoms with E-state index in [1.165, 1.54) is 141 Å². The van der Waals surface area contributed by atoms with Gasteiger partial charge in [-0.3, -0.25) is 0 Å². The van der Waals surface area contributed by atoms with Gasteiger partial charge in [0.2, 0.25) is 0 Å². The number of unbranched alkanes of at least 4 members (excludes halogenated alkanes) is 20. The molecule has 0 unspecified atom stereocenters. The molecule has 0 radical (unpaired) electrons. The quantitative estimate of drug-likeness (QED) is 0.0951. The first-order valence-corrected chi connectivity index (χ1v) is 17.2. The van der Waals surface area contributed by atoms with Gasteiger partial charge in [-0.2, -0.15) is 0 Å². The summed E-state index contributed by atoms with van der Waals surface area (Å²) in [5, 5.41) is 0. The second-order valence-electron chi connectivity index (χ2n) is 10.2. The molecule has 31 heavy (non-hydrogen) atoms. The van der Waals surface area contributed by atoms with E-state index in [4.69, 9.17) is 8.85 Å². The van der Waals surface area contributed by atoms with Gasteiger partial charge in [0, 0.05) is 13.2 Å². The summed E-state index contributed by atoms with van der Waals surface area (Å²) in [6.45, 7) is 10.8. The monoisotopic (exact) mass is 456 g/mol. The van der Waals surface area contributed by atoms with Crippen LogP contribution in [0.15, 0.2) is 0 Å². The van der Waals surface area contributed by atoms with Gasteiger partial charge in [0.1, 0.15) is 0 Å². The highest BCUT2D eigenvalue weighted by Gasteiger charge is 2.23. The molecule has 0 amide bonds. The third-order valence-electron chi connectivity index (χ3n) is 6.40. The molecular weight excluding hydrogens is 396 g/mol. The minimum atomic E-state index is -1.89. The van der Waals surface area contributed by atoms with Crippen molar-refractivity contribution < 1.29 is 8.85 Å².